The molecule has 2 rings (SSSR count). The molecule has 1 aliphatic rings. The summed E-state index contributed by atoms with van der Waals surface area (Å²) in [6, 6.07) is 7.51. The Morgan fingerprint density at radius 2 is 2.00 bits per heavy atom. The second-order valence-electron chi connectivity index (χ2n) is 4.58. The maximum absolute atomic E-state index is 11.9. The molecule has 96 valence electrons. The van der Waals surface area contributed by atoms with Crippen molar-refractivity contribution in [1.29, 1.82) is 0 Å². The Kier molecular flexibility index (Phi) is 4.37. The number of hydrogen-bond acceptors (Lipinski definition) is 2. The molecule has 1 aromatic rings. The van der Waals surface area contributed by atoms with Gasteiger partial charge in [0.05, 0.1) is 6.54 Å². The lowest BCUT2D eigenvalue weighted by Gasteiger charge is -2.25. The van der Waals surface area contributed by atoms with Crippen LogP contribution >= 0.6 is 11.6 Å². The van der Waals surface area contributed by atoms with Crippen molar-refractivity contribution in [3.63, 3.8) is 0 Å². The number of likely N-dealkylation sites (tertiary alicyclic amines) is 1. The Hall–Kier alpha value is -1.35. The van der Waals surface area contributed by atoms with Gasteiger partial charge in [0, 0.05) is 24.4 Å². The Morgan fingerprint density at radius 1 is 1.28 bits per heavy atom. The summed E-state index contributed by atoms with van der Waals surface area (Å²) in [6.07, 6.45) is 2.56. The third-order valence-corrected chi connectivity index (χ3v) is 3.40. The normalized spacial score (nSPS) is 15.8. The lowest BCUT2D eigenvalue weighted by atomic mass is 10.1. The minimum Gasteiger partial charge on any atom is -0.335 e. The van der Waals surface area contributed by atoms with Crippen LogP contribution in [0.2, 0.25) is 5.02 Å². The van der Waals surface area contributed by atoms with Crippen LogP contribution in [0, 0.1) is 0 Å². The largest absolute Gasteiger partial charge is 0.335 e. The number of nitrogens with zero attached hydrogens (tertiary/aromatic N) is 1. The number of halogens is 1. The van der Waals surface area contributed by atoms with Crippen LogP contribution in [-0.4, -0.2) is 29.7 Å². The van der Waals surface area contributed by atoms with Gasteiger partial charge in [-0.15, -0.1) is 0 Å². The second-order valence-corrected chi connectivity index (χ2v) is 5.02. The number of Topliss-reactive ketones (excluding diaryl/α,β-unsaturated/α-hetero) is 1. The van der Waals surface area contributed by atoms with Crippen LogP contribution in [0.1, 0.15) is 24.8 Å². The Morgan fingerprint density at radius 3 is 2.67 bits per heavy atom. The summed E-state index contributed by atoms with van der Waals surface area (Å²) < 4.78 is 0. The van der Waals surface area contributed by atoms with E-state index in [4.69, 9.17) is 11.6 Å². The smallest absolute Gasteiger partial charge is 0.223 e. The third-order valence-electron chi connectivity index (χ3n) is 3.14. The minimum absolute atomic E-state index is 0.0676. The molecule has 1 fully saturated rings. The van der Waals surface area contributed by atoms with Crippen LogP contribution in [-0.2, 0) is 16.0 Å². The van der Waals surface area contributed by atoms with Crippen LogP contribution in [0.4, 0.5) is 0 Å². The Balaban J connectivity index is 1.84. The molecule has 3 nitrogen and oxygen atoms in total. The van der Waals surface area contributed by atoms with Gasteiger partial charge in [-0.05, 0) is 30.5 Å². The number of ketones is 1. The van der Waals surface area contributed by atoms with Crippen molar-refractivity contribution in [3.05, 3.63) is 34.9 Å². The molecule has 1 amide bonds. The number of carbonyl (C=O) groups is 2. The molecular weight excluding hydrogens is 250 g/mol. The van der Waals surface area contributed by atoms with E-state index in [-0.39, 0.29) is 11.7 Å². The number of hydrogen-bond donors (Lipinski definition) is 0. The van der Waals surface area contributed by atoms with Crippen LogP contribution < -0.4 is 0 Å². The van der Waals surface area contributed by atoms with Crippen LogP contribution in [0.5, 0.6) is 0 Å². The SMILES string of the molecule is O=C1CCCN(C(=O)CCc2ccc(Cl)cc2)C1. The summed E-state index contributed by atoms with van der Waals surface area (Å²) in [4.78, 5) is 24.9. The van der Waals surface area contributed by atoms with Gasteiger partial charge in [0.25, 0.3) is 0 Å². The Labute approximate surface area is 112 Å². The maximum atomic E-state index is 11.9. The topological polar surface area (TPSA) is 37.4 Å². The first-order chi connectivity index (χ1) is 8.65. The van der Waals surface area contributed by atoms with E-state index in [1.165, 1.54) is 0 Å². The van der Waals surface area contributed by atoms with Gasteiger partial charge in [0.2, 0.25) is 5.91 Å². The van der Waals surface area contributed by atoms with Gasteiger partial charge in [-0.1, -0.05) is 23.7 Å². The number of benzene rings is 1. The summed E-state index contributed by atoms with van der Waals surface area (Å²) in [5.74, 6) is 0.235. The third kappa shape index (κ3) is 3.57. The zero-order valence-corrected chi connectivity index (χ0v) is 10.9. The van der Waals surface area contributed by atoms with Crippen LogP contribution in [0.25, 0.3) is 0 Å². The number of piperidine rings is 1. The van der Waals surface area contributed by atoms with Crippen molar-refractivity contribution in [3.8, 4) is 0 Å². The average molecular weight is 266 g/mol. The van der Waals surface area contributed by atoms with Crippen molar-refractivity contribution in [2.45, 2.75) is 25.7 Å². The molecule has 0 aromatic heterocycles. The van der Waals surface area contributed by atoms with E-state index >= 15 is 0 Å². The van der Waals surface area contributed by atoms with E-state index in [1.54, 1.807) is 4.90 Å². The molecule has 1 aromatic carbocycles. The number of carbonyl (C=O) groups excluding carboxylic acids is 2. The van der Waals surface area contributed by atoms with Gasteiger partial charge in [-0.2, -0.15) is 0 Å². The molecule has 1 saturated heterocycles. The average Bonchev–Trinajstić information content (AvgIpc) is 2.38. The van der Waals surface area contributed by atoms with Crippen molar-refractivity contribution >= 4 is 23.3 Å². The monoisotopic (exact) mass is 265 g/mol. The standard InChI is InChI=1S/C14H16ClNO2/c15-12-6-3-11(4-7-12)5-8-14(18)16-9-1-2-13(17)10-16/h3-4,6-7H,1-2,5,8-10H2. The molecule has 1 heterocycles. The highest BCUT2D eigenvalue weighted by Crippen LogP contribution is 2.13. The van der Waals surface area contributed by atoms with Gasteiger partial charge in [0.15, 0.2) is 5.78 Å². The van der Waals surface area contributed by atoms with Crippen LogP contribution in [0.15, 0.2) is 24.3 Å². The predicted octanol–water partition coefficient (Wildman–Crippen LogP) is 2.46. The molecule has 18 heavy (non-hydrogen) atoms. The molecule has 0 spiro atoms. The van der Waals surface area contributed by atoms with Crippen molar-refractivity contribution in [1.82, 2.24) is 4.90 Å². The molecular formula is C14H16ClNO2. The quantitative estimate of drug-likeness (QED) is 0.842. The molecule has 0 N–H and O–H groups in total. The Bertz CT molecular complexity index is 442. The van der Waals surface area contributed by atoms with E-state index < -0.39 is 0 Å². The van der Waals surface area contributed by atoms with E-state index in [1.807, 2.05) is 24.3 Å². The molecule has 1 aliphatic heterocycles. The zero-order chi connectivity index (χ0) is 13.0. The van der Waals surface area contributed by atoms with E-state index in [0.717, 1.165) is 12.0 Å². The summed E-state index contributed by atoms with van der Waals surface area (Å²) in [5.41, 5.74) is 1.09. The number of rotatable bonds is 3. The molecule has 0 saturated carbocycles. The van der Waals surface area contributed by atoms with E-state index in [2.05, 4.69) is 0 Å². The van der Waals surface area contributed by atoms with Crippen molar-refractivity contribution in [2.75, 3.05) is 13.1 Å². The fraction of sp³-hybridized carbons (Fsp3) is 0.429. The first-order valence-corrected chi connectivity index (χ1v) is 6.57. The van der Waals surface area contributed by atoms with Gasteiger partial charge in [0.1, 0.15) is 0 Å². The minimum atomic E-state index is 0.0676. The number of amides is 1. The van der Waals surface area contributed by atoms with E-state index in [9.17, 15) is 9.59 Å². The van der Waals surface area contributed by atoms with Crippen molar-refractivity contribution < 1.29 is 9.59 Å². The van der Waals surface area contributed by atoms with Crippen LogP contribution in [0.3, 0.4) is 0 Å². The zero-order valence-electron chi connectivity index (χ0n) is 10.2. The molecule has 0 atom stereocenters. The first-order valence-electron chi connectivity index (χ1n) is 6.19. The summed E-state index contributed by atoms with van der Waals surface area (Å²) >= 11 is 5.80. The van der Waals surface area contributed by atoms with Crippen molar-refractivity contribution in [2.24, 2.45) is 0 Å². The highest BCUT2D eigenvalue weighted by Gasteiger charge is 2.20. The molecule has 0 bridgehead atoms. The van der Waals surface area contributed by atoms with Gasteiger partial charge in [-0.3, -0.25) is 9.59 Å². The molecule has 0 aliphatic carbocycles. The first kappa shape index (κ1) is 13.1. The number of aryl methyl sites for hydroxylation is 1. The molecule has 0 unspecified atom stereocenters. The highest BCUT2D eigenvalue weighted by atomic mass is 35.5. The van der Waals surface area contributed by atoms with Gasteiger partial charge < -0.3 is 4.90 Å². The maximum Gasteiger partial charge on any atom is 0.223 e. The second kappa shape index (κ2) is 6.01. The molecule has 0 radical (unpaired) electrons. The summed E-state index contributed by atoms with van der Waals surface area (Å²) in [6.45, 7) is 1.00. The summed E-state index contributed by atoms with van der Waals surface area (Å²) in [5, 5.41) is 0.701. The molecule has 4 heteroatoms. The van der Waals surface area contributed by atoms with Gasteiger partial charge in [-0.25, -0.2) is 0 Å². The van der Waals surface area contributed by atoms with E-state index in [0.29, 0.717) is 37.4 Å². The summed E-state index contributed by atoms with van der Waals surface area (Å²) in [7, 11) is 0. The highest BCUT2D eigenvalue weighted by molar-refractivity contribution is 6.30. The lowest BCUT2D eigenvalue weighted by Crippen LogP contribution is -2.40. The van der Waals surface area contributed by atoms with Gasteiger partial charge >= 0.3 is 0 Å². The fourth-order valence-corrected chi connectivity index (χ4v) is 2.24. The predicted molar refractivity (Wildman–Crippen MR) is 70.6 cm³/mol. The lowest BCUT2D eigenvalue weighted by molar-refractivity contribution is -0.137. The fourth-order valence-electron chi connectivity index (χ4n) is 2.11.